The van der Waals surface area contributed by atoms with Crippen molar-refractivity contribution in [3.8, 4) is 17.1 Å². The number of hydrogen-bond donors (Lipinski definition) is 1. The zero-order chi connectivity index (χ0) is 20.6. The molecule has 2 fully saturated rings. The van der Waals surface area contributed by atoms with Crippen molar-refractivity contribution in [1.82, 2.24) is 5.43 Å². The number of carbonyl (C=O) groups is 1. The molecular formula is C21H23N3O5. The van der Waals surface area contributed by atoms with Gasteiger partial charge in [-0.25, -0.2) is 5.43 Å². The van der Waals surface area contributed by atoms with E-state index in [1.54, 1.807) is 24.3 Å². The van der Waals surface area contributed by atoms with Gasteiger partial charge in [0.15, 0.2) is 0 Å². The van der Waals surface area contributed by atoms with Gasteiger partial charge in [-0.1, -0.05) is 19.8 Å². The predicted octanol–water partition coefficient (Wildman–Crippen LogP) is 4.14. The van der Waals surface area contributed by atoms with Crippen molar-refractivity contribution in [3.63, 3.8) is 0 Å². The highest BCUT2D eigenvalue weighted by Crippen LogP contribution is 2.66. The summed E-state index contributed by atoms with van der Waals surface area (Å²) in [4.78, 5) is 23.3. The number of furan rings is 1. The van der Waals surface area contributed by atoms with E-state index in [0.717, 1.165) is 12.8 Å². The number of nitrogens with one attached hydrogen (secondary N) is 1. The summed E-state index contributed by atoms with van der Waals surface area (Å²) in [5.41, 5.74) is 2.97. The summed E-state index contributed by atoms with van der Waals surface area (Å²) >= 11 is 0. The van der Waals surface area contributed by atoms with Gasteiger partial charge in [0.2, 0.25) is 5.91 Å². The molecule has 2 saturated carbocycles. The van der Waals surface area contributed by atoms with E-state index in [0.29, 0.717) is 28.8 Å². The highest BCUT2D eigenvalue weighted by Gasteiger charge is 2.64. The maximum absolute atomic E-state index is 12.4. The molecule has 1 N–H and O–H groups in total. The third-order valence-corrected chi connectivity index (χ3v) is 6.27. The first-order valence-corrected chi connectivity index (χ1v) is 9.69. The summed E-state index contributed by atoms with van der Waals surface area (Å²) in [5.74, 6) is 1.59. The molecule has 4 rings (SSSR count). The molecule has 0 bridgehead atoms. The molecule has 152 valence electrons. The number of rotatable bonds is 6. The molecule has 29 heavy (non-hydrogen) atoms. The van der Waals surface area contributed by atoms with Crippen molar-refractivity contribution in [2.24, 2.45) is 22.4 Å². The van der Waals surface area contributed by atoms with Gasteiger partial charge in [-0.3, -0.25) is 14.9 Å². The van der Waals surface area contributed by atoms with Crippen LogP contribution in [0.25, 0.3) is 11.3 Å². The molecule has 0 aliphatic heterocycles. The first kappa shape index (κ1) is 19.2. The lowest BCUT2D eigenvalue weighted by molar-refractivity contribution is -0.384. The number of hydrogen-bond acceptors (Lipinski definition) is 6. The van der Waals surface area contributed by atoms with Crippen LogP contribution in [0, 0.1) is 27.4 Å². The van der Waals surface area contributed by atoms with E-state index in [1.807, 2.05) is 0 Å². The van der Waals surface area contributed by atoms with E-state index >= 15 is 0 Å². The maximum Gasteiger partial charge on any atom is 0.284 e. The van der Waals surface area contributed by atoms with Crippen LogP contribution in [0.4, 0.5) is 5.69 Å². The molecule has 3 atom stereocenters. The second-order valence-electron chi connectivity index (χ2n) is 7.91. The Balaban J connectivity index is 1.44. The summed E-state index contributed by atoms with van der Waals surface area (Å²) in [7, 11) is 1.45. The predicted molar refractivity (Wildman–Crippen MR) is 107 cm³/mol. The van der Waals surface area contributed by atoms with Gasteiger partial charge in [-0.15, -0.1) is 0 Å². The van der Waals surface area contributed by atoms with Gasteiger partial charge in [0, 0.05) is 5.92 Å². The van der Waals surface area contributed by atoms with Crippen LogP contribution in [0.3, 0.4) is 0 Å². The minimum absolute atomic E-state index is 0.0382. The van der Waals surface area contributed by atoms with Crippen LogP contribution in [-0.2, 0) is 4.79 Å². The summed E-state index contributed by atoms with van der Waals surface area (Å²) in [6, 6.07) is 7.84. The summed E-state index contributed by atoms with van der Waals surface area (Å²) in [5, 5.41) is 15.4. The largest absolute Gasteiger partial charge is 0.497 e. The average Bonchev–Trinajstić information content (AvgIpc) is 3.08. The number of nitro groups is 1. The van der Waals surface area contributed by atoms with E-state index in [9.17, 15) is 14.9 Å². The van der Waals surface area contributed by atoms with Gasteiger partial charge in [0.05, 0.1) is 29.9 Å². The summed E-state index contributed by atoms with van der Waals surface area (Å²) < 4.78 is 10.7. The van der Waals surface area contributed by atoms with Gasteiger partial charge in [-0.05, 0) is 48.4 Å². The molecular weight excluding hydrogens is 374 g/mol. The third-order valence-electron chi connectivity index (χ3n) is 6.27. The molecule has 1 heterocycles. The van der Waals surface area contributed by atoms with Crippen molar-refractivity contribution in [1.29, 1.82) is 0 Å². The average molecular weight is 397 g/mol. The fourth-order valence-electron chi connectivity index (χ4n) is 4.64. The third kappa shape index (κ3) is 3.50. The Morgan fingerprint density at radius 3 is 2.90 bits per heavy atom. The van der Waals surface area contributed by atoms with Crippen LogP contribution in [-0.4, -0.2) is 24.2 Å². The first-order valence-electron chi connectivity index (χ1n) is 9.69. The summed E-state index contributed by atoms with van der Waals surface area (Å²) in [6.07, 6.45) is 6.00. The summed E-state index contributed by atoms with van der Waals surface area (Å²) in [6.45, 7) is 2.19. The second-order valence-corrected chi connectivity index (χ2v) is 7.91. The quantitative estimate of drug-likeness (QED) is 0.448. The Morgan fingerprint density at radius 1 is 1.38 bits per heavy atom. The van der Waals surface area contributed by atoms with Crippen LogP contribution < -0.4 is 10.2 Å². The monoisotopic (exact) mass is 397 g/mol. The Labute approximate surface area is 168 Å². The van der Waals surface area contributed by atoms with Crippen molar-refractivity contribution >= 4 is 17.8 Å². The highest BCUT2D eigenvalue weighted by molar-refractivity contribution is 5.85. The lowest BCUT2D eigenvalue weighted by Crippen LogP contribution is -2.22. The van der Waals surface area contributed by atoms with Crippen molar-refractivity contribution in [3.05, 3.63) is 46.2 Å². The normalized spacial score (nSPS) is 25.4. The van der Waals surface area contributed by atoms with Gasteiger partial charge in [0.25, 0.3) is 5.69 Å². The Morgan fingerprint density at radius 2 is 2.21 bits per heavy atom. The SMILES string of the molecule is COc1ccc(-c2ccc(C=NNC(=O)C3C4CCCCC43C)o2)c([N+](=O)[O-])c1. The molecule has 2 aromatic rings. The lowest BCUT2D eigenvalue weighted by atomic mass is 9.90. The molecule has 0 spiro atoms. The topological polar surface area (TPSA) is 107 Å². The van der Waals surface area contributed by atoms with E-state index in [2.05, 4.69) is 17.5 Å². The van der Waals surface area contributed by atoms with Crippen LogP contribution in [0.1, 0.15) is 38.4 Å². The molecule has 1 aromatic heterocycles. The zero-order valence-electron chi connectivity index (χ0n) is 16.4. The number of hydrazone groups is 1. The van der Waals surface area contributed by atoms with Crippen LogP contribution in [0.15, 0.2) is 39.9 Å². The molecule has 1 aromatic carbocycles. The number of fused-ring (bicyclic) bond motifs is 1. The highest BCUT2D eigenvalue weighted by atomic mass is 16.6. The fraction of sp³-hybridized carbons (Fsp3) is 0.429. The number of nitro benzene ring substituents is 1. The first-order chi connectivity index (χ1) is 13.9. The van der Waals surface area contributed by atoms with Gasteiger partial charge < -0.3 is 9.15 Å². The smallest absolute Gasteiger partial charge is 0.284 e. The van der Waals surface area contributed by atoms with Crippen molar-refractivity contribution < 1.29 is 18.9 Å². The zero-order valence-corrected chi connectivity index (χ0v) is 16.4. The number of carbonyl (C=O) groups excluding carboxylic acids is 1. The van der Waals surface area contributed by atoms with E-state index < -0.39 is 4.92 Å². The Hall–Kier alpha value is -3.16. The number of nitrogens with zero attached hydrogens (tertiary/aromatic N) is 2. The Bertz CT molecular complexity index is 982. The number of benzene rings is 1. The standard InChI is InChI=1S/C21H23N3O5/c1-21-10-4-3-5-16(21)19(21)20(25)23-22-12-14-7-9-18(29-14)15-8-6-13(28-2)11-17(15)24(26)27/h6-9,11-12,16,19H,3-5,10H2,1-2H3,(H,23,25). The molecule has 3 unspecified atom stereocenters. The Kier molecular flexibility index (Phi) is 4.86. The molecule has 0 radical (unpaired) electrons. The number of amides is 1. The van der Waals surface area contributed by atoms with Crippen molar-refractivity contribution in [2.45, 2.75) is 32.6 Å². The minimum atomic E-state index is -0.482. The molecule has 8 heteroatoms. The van der Waals surface area contributed by atoms with Crippen molar-refractivity contribution in [2.75, 3.05) is 7.11 Å². The second kappa shape index (κ2) is 7.35. The van der Waals surface area contributed by atoms with Gasteiger partial charge >= 0.3 is 0 Å². The molecule has 1 amide bonds. The lowest BCUT2D eigenvalue weighted by Gasteiger charge is -2.15. The number of methoxy groups -OCH3 is 1. The van der Waals surface area contributed by atoms with E-state index in [1.165, 1.54) is 32.2 Å². The van der Waals surface area contributed by atoms with Crippen LogP contribution in [0.5, 0.6) is 5.75 Å². The van der Waals surface area contributed by atoms with Gasteiger partial charge in [0.1, 0.15) is 17.3 Å². The molecule has 2 aliphatic rings. The number of ether oxygens (including phenoxy) is 1. The van der Waals surface area contributed by atoms with Crippen LogP contribution in [0.2, 0.25) is 0 Å². The fourth-order valence-corrected chi connectivity index (χ4v) is 4.64. The maximum atomic E-state index is 12.4. The van der Waals surface area contributed by atoms with Gasteiger partial charge in [-0.2, -0.15) is 5.10 Å². The molecule has 0 saturated heterocycles. The van der Waals surface area contributed by atoms with E-state index in [-0.39, 0.29) is 22.9 Å². The van der Waals surface area contributed by atoms with Crippen LogP contribution >= 0.6 is 0 Å². The van der Waals surface area contributed by atoms with E-state index in [4.69, 9.17) is 9.15 Å². The minimum Gasteiger partial charge on any atom is -0.497 e. The molecule has 8 nitrogen and oxygen atoms in total. The molecule has 2 aliphatic carbocycles.